The van der Waals surface area contributed by atoms with Crippen LogP contribution in [0.1, 0.15) is 22.5 Å². The van der Waals surface area contributed by atoms with Crippen molar-refractivity contribution in [3.05, 3.63) is 118 Å². The minimum absolute atomic E-state index is 0.00779. The van der Waals surface area contributed by atoms with Crippen molar-refractivity contribution in [3.63, 3.8) is 0 Å². The Bertz CT molecular complexity index is 1590. The van der Waals surface area contributed by atoms with Crippen LogP contribution < -0.4 is 15.5 Å². The molecule has 1 aliphatic heterocycles. The van der Waals surface area contributed by atoms with Gasteiger partial charge >= 0.3 is 0 Å². The van der Waals surface area contributed by atoms with E-state index in [2.05, 4.69) is 33.2 Å². The van der Waals surface area contributed by atoms with E-state index in [1.807, 2.05) is 18.2 Å². The number of thioether (sulfide) groups is 1. The number of carbonyl (C=O) groups excluding carboxylic acids is 4. The van der Waals surface area contributed by atoms with E-state index >= 15 is 0 Å². The number of furan rings is 1. The SMILES string of the molecule is O=C(Nc1cccc(S[C@H]2CC(=O)N(c3ccc(I)cc3)C2=O)c1)/C(=C/c1ccco1)NC(=O)c1ccccc1. The van der Waals surface area contributed by atoms with E-state index in [0.29, 0.717) is 27.6 Å². The molecule has 8 nitrogen and oxygen atoms in total. The maximum absolute atomic E-state index is 13.2. The minimum Gasteiger partial charge on any atom is -0.465 e. The summed E-state index contributed by atoms with van der Waals surface area (Å²) in [6.45, 7) is 0. The molecular formula is C30H22IN3O5S. The molecule has 4 aromatic rings. The van der Waals surface area contributed by atoms with Crippen LogP contribution >= 0.6 is 34.4 Å². The van der Waals surface area contributed by atoms with Gasteiger partial charge in [0.2, 0.25) is 11.8 Å². The van der Waals surface area contributed by atoms with Crippen molar-refractivity contribution in [1.29, 1.82) is 0 Å². The van der Waals surface area contributed by atoms with E-state index in [9.17, 15) is 19.2 Å². The highest BCUT2D eigenvalue weighted by Crippen LogP contribution is 2.35. The number of anilines is 2. The van der Waals surface area contributed by atoms with Gasteiger partial charge in [-0.15, -0.1) is 11.8 Å². The number of nitrogens with zero attached hydrogens (tertiary/aromatic N) is 1. The van der Waals surface area contributed by atoms with Gasteiger partial charge in [-0.05, 0) is 89.3 Å². The van der Waals surface area contributed by atoms with E-state index in [4.69, 9.17) is 4.42 Å². The Hall–Kier alpha value is -4.16. The molecule has 0 saturated carbocycles. The van der Waals surface area contributed by atoms with Crippen molar-refractivity contribution >= 4 is 75.4 Å². The van der Waals surface area contributed by atoms with Gasteiger partial charge in [-0.1, -0.05) is 24.3 Å². The van der Waals surface area contributed by atoms with E-state index < -0.39 is 17.1 Å². The first kappa shape index (κ1) is 27.4. The lowest BCUT2D eigenvalue weighted by Gasteiger charge is -2.15. The molecule has 4 amide bonds. The number of carbonyl (C=O) groups is 4. The maximum atomic E-state index is 13.2. The van der Waals surface area contributed by atoms with Gasteiger partial charge in [-0.3, -0.25) is 19.2 Å². The lowest BCUT2D eigenvalue weighted by atomic mass is 10.2. The second-order valence-corrected chi connectivity index (χ2v) is 11.3. The molecule has 200 valence electrons. The van der Waals surface area contributed by atoms with Crippen LogP contribution in [0.2, 0.25) is 0 Å². The number of nitrogens with one attached hydrogen (secondary N) is 2. The van der Waals surface area contributed by atoms with Crippen LogP contribution in [-0.2, 0) is 14.4 Å². The summed E-state index contributed by atoms with van der Waals surface area (Å²) in [5.74, 6) is -1.14. The molecule has 2 N–H and O–H groups in total. The normalized spacial score (nSPS) is 15.3. The summed E-state index contributed by atoms with van der Waals surface area (Å²) in [6.07, 6.45) is 2.99. The van der Waals surface area contributed by atoms with Gasteiger partial charge in [0.05, 0.1) is 17.2 Å². The van der Waals surface area contributed by atoms with Crippen molar-refractivity contribution in [3.8, 4) is 0 Å². The summed E-state index contributed by atoms with van der Waals surface area (Å²) >= 11 is 3.43. The second-order valence-electron chi connectivity index (χ2n) is 8.73. The van der Waals surface area contributed by atoms with E-state index in [-0.39, 0.29) is 23.9 Å². The third kappa shape index (κ3) is 6.52. The molecule has 0 radical (unpaired) electrons. The van der Waals surface area contributed by atoms with E-state index in [1.165, 1.54) is 29.0 Å². The van der Waals surface area contributed by atoms with Crippen LogP contribution in [0.25, 0.3) is 6.08 Å². The van der Waals surface area contributed by atoms with E-state index in [1.54, 1.807) is 72.8 Å². The Morgan fingerprint density at radius 3 is 2.45 bits per heavy atom. The van der Waals surface area contributed by atoms with Crippen molar-refractivity contribution in [2.45, 2.75) is 16.6 Å². The number of halogens is 1. The topological polar surface area (TPSA) is 109 Å². The Kier molecular flexibility index (Phi) is 8.46. The molecule has 40 heavy (non-hydrogen) atoms. The van der Waals surface area contributed by atoms with Crippen LogP contribution in [-0.4, -0.2) is 28.9 Å². The predicted molar refractivity (Wildman–Crippen MR) is 162 cm³/mol. The smallest absolute Gasteiger partial charge is 0.272 e. The molecule has 0 spiro atoms. The van der Waals surface area contributed by atoms with Gasteiger partial charge in [0.1, 0.15) is 11.5 Å². The molecule has 0 bridgehead atoms. The average molecular weight is 663 g/mol. The molecule has 10 heteroatoms. The zero-order valence-electron chi connectivity index (χ0n) is 20.9. The summed E-state index contributed by atoms with van der Waals surface area (Å²) in [4.78, 5) is 53.7. The van der Waals surface area contributed by atoms with Crippen molar-refractivity contribution in [2.24, 2.45) is 0 Å². The Morgan fingerprint density at radius 2 is 1.73 bits per heavy atom. The first-order valence-corrected chi connectivity index (χ1v) is 14.2. The minimum atomic E-state index is -0.586. The number of rotatable bonds is 8. The summed E-state index contributed by atoms with van der Waals surface area (Å²) in [7, 11) is 0. The largest absolute Gasteiger partial charge is 0.465 e. The Balaban J connectivity index is 1.30. The first-order valence-electron chi connectivity index (χ1n) is 12.2. The maximum Gasteiger partial charge on any atom is 0.272 e. The number of amides is 4. The van der Waals surface area contributed by atoms with Gasteiger partial charge in [-0.25, -0.2) is 4.90 Å². The van der Waals surface area contributed by atoms with Crippen LogP contribution in [0.5, 0.6) is 0 Å². The lowest BCUT2D eigenvalue weighted by molar-refractivity contribution is -0.121. The van der Waals surface area contributed by atoms with Crippen molar-refractivity contribution < 1.29 is 23.6 Å². The molecule has 0 unspecified atom stereocenters. The molecular weight excluding hydrogens is 641 g/mol. The van der Waals surface area contributed by atoms with Gasteiger partial charge in [0, 0.05) is 32.2 Å². The highest BCUT2D eigenvalue weighted by Gasteiger charge is 2.40. The summed E-state index contributed by atoms with van der Waals surface area (Å²) in [6, 6.07) is 26.1. The average Bonchev–Trinajstić information content (AvgIpc) is 3.56. The summed E-state index contributed by atoms with van der Waals surface area (Å²) < 4.78 is 6.34. The van der Waals surface area contributed by atoms with Crippen molar-refractivity contribution in [1.82, 2.24) is 5.32 Å². The number of hydrogen-bond acceptors (Lipinski definition) is 6. The first-order chi connectivity index (χ1) is 19.4. The standard InChI is InChI=1S/C30H22IN3O5S/c31-20-11-13-22(14-12-20)34-27(35)18-26(30(34)38)40-24-10-4-8-21(16-24)32-29(37)25(17-23-9-5-15-39-23)33-28(36)19-6-2-1-3-7-19/h1-17,26H,18H2,(H,32,37)(H,33,36)/b25-17-/t26-/m0/s1. The molecule has 1 saturated heterocycles. The Labute approximate surface area is 248 Å². The lowest BCUT2D eigenvalue weighted by Crippen LogP contribution is -2.31. The predicted octanol–water partition coefficient (Wildman–Crippen LogP) is 5.72. The van der Waals surface area contributed by atoms with Gasteiger partial charge in [0.25, 0.3) is 11.8 Å². The Morgan fingerprint density at radius 1 is 0.950 bits per heavy atom. The summed E-state index contributed by atoms with van der Waals surface area (Å²) in [5.41, 5.74) is 1.40. The molecule has 1 fully saturated rings. The van der Waals surface area contributed by atoms with Gasteiger partial charge in [-0.2, -0.15) is 0 Å². The fourth-order valence-corrected chi connectivity index (χ4v) is 5.50. The second kappa shape index (κ2) is 12.3. The molecule has 3 aromatic carbocycles. The number of imide groups is 1. The highest BCUT2D eigenvalue weighted by atomic mass is 127. The molecule has 0 aliphatic carbocycles. The highest BCUT2D eigenvalue weighted by molar-refractivity contribution is 14.1. The molecule has 1 atom stereocenters. The van der Waals surface area contributed by atoms with Crippen LogP contribution in [0, 0.1) is 3.57 Å². The number of benzene rings is 3. The fraction of sp³-hybridized carbons (Fsp3) is 0.0667. The van der Waals surface area contributed by atoms with Gasteiger partial charge < -0.3 is 15.1 Å². The zero-order chi connectivity index (χ0) is 28.1. The quantitative estimate of drug-likeness (QED) is 0.142. The van der Waals surface area contributed by atoms with E-state index in [0.717, 1.165) is 3.57 Å². The third-order valence-electron chi connectivity index (χ3n) is 5.92. The number of hydrogen-bond donors (Lipinski definition) is 2. The third-order valence-corrected chi connectivity index (χ3v) is 7.82. The fourth-order valence-electron chi connectivity index (χ4n) is 4.03. The van der Waals surface area contributed by atoms with Crippen LogP contribution in [0.3, 0.4) is 0 Å². The molecule has 5 rings (SSSR count). The summed E-state index contributed by atoms with van der Waals surface area (Å²) in [5, 5.41) is 4.87. The van der Waals surface area contributed by atoms with Crippen molar-refractivity contribution in [2.75, 3.05) is 10.2 Å². The van der Waals surface area contributed by atoms with Gasteiger partial charge in [0.15, 0.2) is 0 Å². The van der Waals surface area contributed by atoms with Crippen LogP contribution in [0.4, 0.5) is 11.4 Å². The molecule has 2 heterocycles. The zero-order valence-corrected chi connectivity index (χ0v) is 23.8. The molecule has 1 aromatic heterocycles. The molecule has 1 aliphatic rings. The monoisotopic (exact) mass is 663 g/mol. The van der Waals surface area contributed by atoms with Crippen LogP contribution in [0.15, 0.2) is 112 Å².